The smallest absolute Gasteiger partial charge is 0.243 e. The van der Waals surface area contributed by atoms with Gasteiger partial charge in [0, 0.05) is 24.7 Å². The monoisotopic (exact) mass is 400 g/mol. The second-order valence-corrected chi connectivity index (χ2v) is 8.51. The van der Waals surface area contributed by atoms with E-state index in [9.17, 15) is 8.42 Å². The summed E-state index contributed by atoms with van der Waals surface area (Å²) in [6, 6.07) is 14.6. The molecule has 0 radical (unpaired) electrons. The highest BCUT2D eigenvalue weighted by molar-refractivity contribution is 7.89. The van der Waals surface area contributed by atoms with Gasteiger partial charge in [-0.25, -0.2) is 8.42 Å². The molecular formula is C18H22Cl2N2O2S. The molecule has 2 aromatic rings. The molecule has 1 atom stereocenters. The van der Waals surface area contributed by atoms with Crippen molar-refractivity contribution in [3.05, 3.63) is 64.7 Å². The number of rotatable bonds is 3. The van der Waals surface area contributed by atoms with Crippen LogP contribution in [0.1, 0.15) is 17.2 Å². The highest BCUT2D eigenvalue weighted by Crippen LogP contribution is 2.32. The average molecular weight is 401 g/mol. The van der Waals surface area contributed by atoms with E-state index in [0.29, 0.717) is 28.6 Å². The van der Waals surface area contributed by atoms with Crippen LogP contribution in [0.25, 0.3) is 0 Å². The van der Waals surface area contributed by atoms with E-state index in [2.05, 4.69) is 4.90 Å². The first-order valence-electron chi connectivity index (χ1n) is 7.91. The van der Waals surface area contributed by atoms with Gasteiger partial charge in [-0.3, -0.25) is 0 Å². The van der Waals surface area contributed by atoms with E-state index < -0.39 is 10.0 Å². The summed E-state index contributed by atoms with van der Waals surface area (Å²) in [5.74, 6) is 0. The van der Waals surface area contributed by atoms with Crippen LogP contribution >= 0.6 is 24.0 Å². The number of hydrogen-bond acceptors (Lipinski definition) is 3. The number of nitrogens with zero attached hydrogens (tertiary/aromatic N) is 2. The second kappa shape index (κ2) is 8.06. The lowest BCUT2D eigenvalue weighted by atomic mass is 10.1. The van der Waals surface area contributed by atoms with Crippen LogP contribution in [-0.4, -0.2) is 44.3 Å². The van der Waals surface area contributed by atoms with E-state index >= 15 is 0 Å². The van der Waals surface area contributed by atoms with E-state index in [1.807, 2.05) is 37.4 Å². The summed E-state index contributed by atoms with van der Waals surface area (Å²) in [5, 5.41) is 0.546. The van der Waals surface area contributed by atoms with E-state index in [1.54, 1.807) is 29.4 Å². The highest BCUT2D eigenvalue weighted by Gasteiger charge is 2.36. The molecule has 1 aliphatic rings. The Morgan fingerprint density at radius 3 is 2.40 bits per heavy atom. The Labute approximate surface area is 160 Å². The Kier molecular flexibility index (Phi) is 6.51. The number of likely N-dealkylation sites (N-methyl/N-ethyl adjacent to an activating group) is 1. The Bertz CT molecular complexity index is 828. The molecule has 3 rings (SSSR count). The number of hydrogen-bond donors (Lipinski definition) is 0. The lowest BCUT2D eigenvalue weighted by Gasteiger charge is -2.39. The fourth-order valence-corrected chi connectivity index (χ4v) is 5.20. The minimum Gasteiger partial charge on any atom is -0.303 e. The Balaban J connectivity index is 0.00000225. The molecule has 7 heteroatoms. The molecule has 1 saturated heterocycles. The molecular weight excluding hydrogens is 379 g/mol. The van der Waals surface area contributed by atoms with Crippen molar-refractivity contribution >= 4 is 34.0 Å². The fraction of sp³-hybridized carbons (Fsp3) is 0.333. The first-order valence-corrected chi connectivity index (χ1v) is 9.73. The van der Waals surface area contributed by atoms with Gasteiger partial charge in [-0.05, 0) is 43.3 Å². The molecule has 0 spiro atoms. The molecule has 0 saturated carbocycles. The van der Waals surface area contributed by atoms with Gasteiger partial charge in [-0.1, -0.05) is 41.9 Å². The maximum atomic E-state index is 13.3. The van der Waals surface area contributed by atoms with Crippen molar-refractivity contribution in [1.82, 2.24) is 9.21 Å². The maximum Gasteiger partial charge on any atom is 0.243 e. The third-order valence-corrected chi connectivity index (χ3v) is 6.75. The van der Waals surface area contributed by atoms with E-state index in [-0.39, 0.29) is 18.4 Å². The van der Waals surface area contributed by atoms with Crippen LogP contribution in [0.5, 0.6) is 0 Å². The Hall–Kier alpha value is -1.11. The summed E-state index contributed by atoms with van der Waals surface area (Å²) in [4.78, 5) is 2.50. The van der Waals surface area contributed by atoms with Gasteiger partial charge in [0.05, 0.1) is 10.9 Å². The minimum atomic E-state index is -3.58. The zero-order chi connectivity index (χ0) is 17.3. The summed E-state index contributed by atoms with van der Waals surface area (Å²) in [6.07, 6.45) is 0. The number of halogens is 2. The van der Waals surface area contributed by atoms with E-state index in [0.717, 1.165) is 12.1 Å². The van der Waals surface area contributed by atoms with Gasteiger partial charge in [0.2, 0.25) is 10.0 Å². The van der Waals surface area contributed by atoms with Gasteiger partial charge in [-0.2, -0.15) is 4.31 Å². The maximum absolute atomic E-state index is 13.3. The van der Waals surface area contributed by atoms with Crippen molar-refractivity contribution < 1.29 is 8.42 Å². The molecule has 0 amide bonds. The molecule has 1 aliphatic heterocycles. The molecule has 4 nitrogen and oxygen atoms in total. The zero-order valence-corrected chi connectivity index (χ0v) is 16.6. The van der Waals surface area contributed by atoms with Crippen LogP contribution in [0.2, 0.25) is 5.02 Å². The lowest BCUT2D eigenvalue weighted by Crippen LogP contribution is -2.49. The number of piperazine rings is 1. The molecule has 136 valence electrons. The minimum absolute atomic E-state index is 0. The lowest BCUT2D eigenvalue weighted by molar-refractivity contribution is 0.160. The van der Waals surface area contributed by atoms with Crippen molar-refractivity contribution in [2.45, 2.75) is 17.9 Å². The SMILES string of the molecule is Cc1cc(Cl)ccc1S(=O)(=O)N1CCN(C)CC1c1ccccc1.Cl. The van der Waals surface area contributed by atoms with Gasteiger partial charge in [-0.15, -0.1) is 12.4 Å². The van der Waals surface area contributed by atoms with Crippen LogP contribution in [0.3, 0.4) is 0 Å². The molecule has 0 aromatic heterocycles. The largest absolute Gasteiger partial charge is 0.303 e. The molecule has 2 aromatic carbocycles. The topological polar surface area (TPSA) is 40.6 Å². The van der Waals surface area contributed by atoms with Gasteiger partial charge in [0.25, 0.3) is 0 Å². The second-order valence-electron chi connectivity index (χ2n) is 6.21. The summed E-state index contributed by atoms with van der Waals surface area (Å²) in [7, 11) is -1.56. The van der Waals surface area contributed by atoms with Gasteiger partial charge in [0.1, 0.15) is 0 Å². The first-order chi connectivity index (χ1) is 11.4. The van der Waals surface area contributed by atoms with Crippen molar-refractivity contribution in [3.8, 4) is 0 Å². The van der Waals surface area contributed by atoms with E-state index in [4.69, 9.17) is 11.6 Å². The molecule has 25 heavy (non-hydrogen) atoms. The van der Waals surface area contributed by atoms with E-state index in [1.165, 1.54) is 0 Å². The number of sulfonamides is 1. The third-order valence-electron chi connectivity index (χ3n) is 4.44. The van der Waals surface area contributed by atoms with Crippen molar-refractivity contribution in [2.24, 2.45) is 0 Å². The Morgan fingerprint density at radius 1 is 1.08 bits per heavy atom. The summed E-state index contributed by atoms with van der Waals surface area (Å²) < 4.78 is 28.2. The predicted molar refractivity (Wildman–Crippen MR) is 104 cm³/mol. The number of benzene rings is 2. The molecule has 1 heterocycles. The normalized spacial score (nSPS) is 19.4. The standard InChI is InChI=1S/C18H21ClN2O2S.ClH/c1-14-12-16(19)8-9-18(14)24(22,23)21-11-10-20(2)13-17(21)15-6-4-3-5-7-15;/h3-9,12,17H,10-11,13H2,1-2H3;1H. The number of aryl methyl sites for hydroxylation is 1. The van der Waals surface area contributed by atoms with Crippen LogP contribution in [0.15, 0.2) is 53.4 Å². The van der Waals surface area contributed by atoms with Crippen LogP contribution in [0.4, 0.5) is 0 Å². The summed E-state index contributed by atoms with van der Waals surface area (Å²) in [5.41, 5.74) is 1.69. The first kappa shape index (κ1) is 20.2. The molecule has 0 bridgehead atoms. The summed E-state index contributed by atoms with van der Waals surface area (Å²) >= 11 is 5.98. The van der Waals surface area contributed by atoms with Crippen LogP contribution < -0.4 is 0 Å². The predicted octanol–water partition coefficient (Wildman–Crippen LogP) is 3.75. The van der Waals surface area contributed by atoms with Gasteiger partial charge in [0.15, 0.2) is 0 Å². The van der Waals surface area contributed by atoms with Crippen LogP contribution in [-0.2, 0) is 10.0 Å². The average Bonchev–Trinajstić information content (AvgIpc) is 2.55. The van der Waals surface area contributed by atoms with Gasteiger partial charge < -0.3 is 4.90 Å². The highest BCUT2D eigenvalue weighted by atomic mass is 35.5. The molecule has 0 aliphatic carbocycles. The van der Waals surface area contributed by atoms with Crippen LogP contribution in [0, 0.1) is 6.92 Å². The molecule has 1 unspecified atom stereocenters. The fourth-order valence-electron chi connectivity index (χ4n) is 3.17. The summed E-state index contributed by atoms with van der Waals surface area (Å²) in [6.45, 7) is 3.65. The zero-order valence-electron chi connectivity index (χ0n) is 14.2. The Morgan fingerprint density at radius 2 is 1.76 bits per heavy atom. The van der Waals surface area contributed by atoms with Crippen molar-refractivity contribution in [2.75, 3.05) is 26.7 Å². The molecule has 0 N–H and O–H groups in total. The quantitative estimate of drug-likeness (QED) is 0.787. The molecule has 1 fully saturated rings. The van der Waals surface area contributed by atoms with Crippen molar-refractivity contribution in [3.63, 3.8) is 0 Å². The van der Waals surface area contributed by atoms with Crippen molar-refractivity contribution in [1.29, 1.82) is 0 Å². The van der Waals surface area contributed by atoms with Gasteiger partial charge >= 0.3 is 0 Å². The third kappa shape index (κ3) is 4.18.